The molecule has 3 saturated heterocycles. The molecule has 5 aromatic rings. The number of nitrogens with two attached hydrogens (primary N) is 3. The van der Waals surface area contributed by atoms with Gasteiger partial charge in [0.25, 0.3) is 0 Å². The number of aliphatic hydroxyl groups is 1. The number of para-hydroxylation sites is 2. The average molecular weight is 1830 g/mol. The van der Waals surface area contributed by atoms with Crippen LogP contribution in [-0.4, -0.2) is 294 Å². The molecule has 1 unspecified atom stereocenters. The van der Waals surface area contributed by atoms with Gasteiger partial charge in [0.1, 0.15) is 90.3 Å². The summed E-state index contributed by atoms with van der Waals surface area (Å²) in [5.41, 5.74) is 19.6. The van der Waals surface area contributed by atoms with Crippen molar-refractivity contribution in [2.45, 2.75) is 242 Å². The van der Waals surface area contributed by atoms with E-state index in [9.17, 15) is 63.0 Å². The number of benzene rings is 3. The Kier molecular flexibility index (Phi) is 38.4. The fourth-order valence-corrected chi connectivity index (χ4v) is 17.1. The zero-order valence-corrected chi connectivity index (χ0v) is 76.0. The number of H-pyrrole nitrogens is 2. The van der Waals surface area contributed by atoms with Gasteiger partial charge in [0.15, 0.2) is 0 Å². The summed E-state index contributed by atoms with van der Waals surface area (Å²) in [6, 6.07) is -1.69. The highest BCUT2D eigenvalue weighted by molar-refractivity contribution is 8.00. The van der Waals surface area contributed by atoms with Gasteiger partial charge < -0.3 is 115 Å². The van der Waals surface area contributed by atoms with Crippen molar-refractivity contribution in [2.24, 2.45) is 29.0 Å². The molecular formula is C89H126N20O20S. The quantitative estimate of drug-likeness (QED) is 0.0345. The Labute approximate surface area is 758 Å². The number of nitrogens with one attached hydrogen (secondary N) is 12. The molecule has 3 fully saturated rings. The smallest absolute Gasteiger partial charge is 0.246 e. The second-order valence-corrected chi connectivity index (χ2v) is 35.3. The molecule has 708 valence electrons. The molecule has 40 nitrogen and oxygen atoms in total. The lowest BCUT2D eigenvalue weighted by Crippen LogP contribution is -2.62. The maximum atomic E-state index is 15.7. The first-order valence-corrected chi connectivity index (χ1v) is 45.2. The van der Waals surface area contributed by atoms with Crippen LogP contribution in [-0.2, 0) is 106 Å². The monoisotopic (exact) mass is 1830 g/mol. The Morgan fingerprint density at radius 1 is 0.477 bits per heavy atom. The van der Waals surface area contributed by atoms with Gasteiger partial charge in [0.05, 0.1) is 31.7 Å². The molecule has 0 bridgehead atoms. The molecular weight excluding hydrogens is 1700 g/mol. The van der Waals surface area contributed by atoms with Crippen molar-refractivity contribution in [3.8, 4) is 5.75 Å². The van der Waals surface area contributed by atoms with E-state index in [2.05, 4.69) is 63.1 Å². The summed E-state index contributed by atoms with van der Waals surface area (Å²) in [7, 11) is 3.96. The van der Waals surface area contributed by atoms with Crippen LogP contribution in [0.1, 0.15) is 155 Å². The van der Waals surface area contributed by atoms with E-state index in [1.165, 1.54) is 62.1 Å². The summed E-state index contributed by atoms with van der Waals surface area (Å²) >= 11 is 0.790. The number of carbonyl (C=O) groups is 18. The Balaban J connectivity index is 1.18. The van der Waals surface area contributed by atoms with E-state index in [-0.39, 0.29) is 101 Å². The van der Waals surface area contributed by atoms with E-state index >= 15 is 33.6 Å². The van der Waals surface area contributed by atoms with Gasteiger partial charge in [0.2, 0.25) is 106 Å². The van der Waals surface area contributed by atoms with Crippen molar-refractivity contribution >= 4 is 140 Å². The maximum Gasteiger partial charge on any atom is 0.246 e. The zero-order valence-electron chi connectivity index (χ0n) is 75.2. The van der Waals surface area contributed by atoms with Crippen LogP contribution in [0, 0.1) is 11.8 Å². The number of thioether (sulfide) groups is 1. The van der Waals surface area contributed by atoms with Crippen LogP contribution >= 0.6 is 11.8 Å². The SMILES string of the molecule is CCCC[C@H]1C(=O)N(C)[C@@H](CCCC)C(=O)N[C@@H](CC(C)C)C(=O)NC(C(=O)NCC(N)=O)CSCC(=O)N[C@@H](Cc2ccc(O)cc2)C(=O)N(C)[C@@H](C)C(=O)N[C@@H](CC(N)=O)C(=O)N2CCC[C@H]2C(=O)N[C@@H](CC(N)=O)C(=O)N[C@@H](CC(C)C)C(=O)N2CCC[C@H]2C(=O)N[C@@H](Cc2c[nH]c3ccccc23)C(=O)N[C@@H](CO)C(=O)N[C@@H](Cc2c[nH]c3ccccc23)C(=O)N1C. The molecule has 18 amide bonds. The lowest BCUT2D eigenvalue weighted by molar-refractivity contribution is -0.149. The minimum Gasteiger partial charge on any atom is -0.508 e. The number of primary amides is 3. The van der Waals surface area contributed by atoms with Gasteiger partial charge in [0, 0.05) is 93.4 Å². The molecule has 0 spiro atoms. The maximum absolute atomic E-state index is 15.7. The summed E-state index contributed by atoms with van der Waals surface area (Å²) in [6.45, 7) is 10.0. The standard InChI is InChI=1S/C89H126N20O20S/c1-11-13-25-68-82(122)97-59(35-48(3)4)78(118)104-67(77(117)95-44-74(92)114)46-130-47-75(115)96-63(37-51-29-31-54(111)32-30-51)85(125)105(8)50(7)76(116)100-65(41-73(91)113)88(128)109-34-20-28-70(109)84(124)99-61(40-72(90)112)80(120)101-62(36-49(5)6)87(127)108-33-19-27-69(108)83(123)98-60(38-52-42-93-57-23-17-15-21-55(52)57)79(119)103-66(45-110)81(121)102-64(39-53-43-94-58-24-18-16-22-56(53)58)86(126)107(10)71(26-14-12-2)89(129)106(68)9/h15-18,21-24,29-32,42-43,48-50,59-71,93-94,110-111H,11-14,19-20,25-28,33-41,44-47H2,1-10H3,(H2,90,112)(H2,91,113)(H2,92,114)(H,95,117)(H,96,115)(H,97,122)(H,98,123)(H,99,124)(H,100,116)(H,101,120)(H,102,121)(H,103,119)(H,104,118)/t50-,59-,60-,61-,62-,63-,64-,65-,66-,67?,68-,69-,70-,71-/m0/s1. The Hall–Kier alpha value is -12.7. The number of phenolic OH excluding ortho intramolecular Hbond substituents is 1. The van der Waals surface area contributed by atoms with Crippen molar-refractivity contribution in [2.75, 3.05) is 58.9 Å². The molecule has 0 aliphatic carbocycles. The van der Waals surface area contributed by atoms with Gasteiger partial charge in [-0.2, -0.15) is 0 Å². The number of aromatic amines is 2. The molecule has 20 N–H and O–H groups in total. The fourth-order valence-electron chi connectivity index (χ4n) is 16.3. The normalized spacial score (nSPS) is 24.8. The topological polar surface area (TPSA) is 594 Å². The molecule has 3 aliphatic rings. The number of fused-ring (bicyclic) bond motifs is 4. The number of amides is 18. The minimum atomic E-state index is -1.85. The number of unbranched alkanes of at least 4 members (excludes halogenated alkanes) is 2. The van der Waals surface area contributed by atoms with Crippen LogP contribution in [0.3, 0.4) is 0 Å². The van der Waals surface area contributed by atoms with Crippen LogP contribution in [0.2, 0.25) is 0 Å². The highest BCUT2D eigenvalue weighted by Gasteiger charge is 2.46. The molecule has 3 aliphatic heterocycles. The van der Waals surface area contributed by atoms with Crippen molar-refractivity contribution < 1.29 is 96.5 Å². The average Bonchev–Trinajstić information content (AvgIpc) is 1.70. The summed E-state index contributed by atoms with van der Waals surface area (Å²) in [4.78, 5) is 273. The number of hydrogen-bond donors (Lipinski definition) is 17. The second kappa shape index (κ2) is 48.6. The van der Waals surface area contributed by atoms with E-state index in [0.29, 0.717) is 64.2 Å². The number of aromatic nitrogens is 2. The van der Waals surface area contributed by atoms with E-state index in [1.807, 2.05) is 13.8 Å². The Morgan fingerprint density at radius 3 is 1.47 bits per heavy atom. The molecule has 2 aromatic heterocycles. The lowest BCUT2D eigenvalue weighted by atomic mass is 9.99. The molecule has 41 heteroatoms. The van der Waals surface area contributed by atoms with Crippen LogP contribution in [0.5, 0.6) is 5.75 Å². The molecule has 14 atom stereocenters. The summed E-state index contributed by atoms with van der Waals surface area (Å²) in [5.74, 6) is -18.6. The molecule has 0 saturated carbocycles. The molecule has 5 heterocycles. The first kappa shape index (κ1) is 103. The van der Waals surface area contributed by atoms with E-state index in [0.717, 1.165) is 26.5 Å². The Bertz CT molecular complexity index is 4910. The van der Waals surface area contributed by atoms with Crippen molar-refractivity contribution in [3.63, 3.8) is 0 Å². The number of aliphatic hydroxyl groups excluding tert-OH is 1. The largest absolute Gasteiger partial charge is 0.508 e. The number of aromatic hydroxyl groups is 1. The van der Waals surface area contributed by atoms with Gasteiger partial charge in [-0.25, -0.2) is 0 Å². The van der Waals surface area contributed by atoms with Crippen LogP contribution in [0.4, 0.5) is 0 Å². The summed E-state index contributed by atoms with van der Waals surface area (Å²) in [5, 5.41) is 49.0. The molecule has 130 heavy (non-hydrogen) atoms. The number of hydrogen-bond acceptors (Lipinski definition) is 21. The number of carbonyl (C=O) groups excluding carboxylic acids is 18. The van der Waals surface area contributed by atoms with E-state index in [4.69, 9.17) is 17.2 Å². The predicted octanol–water partition coefficient (Wildman–Crippen LogP) is -1.21. The van der Waals surface area contributed by atoms with Gasteiger partial charge in [-0.15, -0.1) is 11.8 Å². The first-order valence-electron chi connectivity index (χ1n) is 44.1. The molecule has 0 radical (unpaired) electrons. The molecule has 8 rings (SSSR count). The lowest BCUT2D eigenvalue weighted by Gasteiger charge is -2.36. The number of nitrogens with zero attached hydrogens (tertiary/aromatic N) is 5. The highest BCUT2D eigenvalue weighted by Crippen LogP contribution is 2.28. The Morgan fingerprint density at radius 2 is 0.923 bits per heavy atom. The van der Waals surface area contributed by atoms with Crippen molar-refractivity contribution in [1.29, 1.82) is 0 Å². The van der Waals surface area contributed by atoms with Gasteiger partial charge in [-0.3, -0.25) is 86.3 Å². The highest BCUT2D eigenvalue weighted by atomic mass is 32.2. The third-order valence-corrected chi connectivity index (χ3v) is 24.5. The van der Waals surface area contributed by atoms with E-state index < -0.39 is 228 Å². The zero-order chi connectivity index (χ0) is 95.5. The van der Waals surface area contributed by atoms with Crippen LogP contribution in [0.25, 0.3) is 21.8 Å². The number of phenols is 1. The number of likely N-dealkylation sites (N-methyl/N-ethyl adjacent to an activating group) is 3. The summed E-state index contributed by atoms with van der Waals surface area (Å²) in [6.07, 6.45) is 2.88. The second-order valence-electron chi connectivity index (χ2n) is 34.3. The minimum absolute atomic E-state index is 0.0249. The van der Waals surface area contributed by atoms with E-state index in [1.54, 1.807) is 88.6 Å². The summed E-state index contributed by atoms with van der Waals surface area (Å²) < 4.78 is 0. The third kappa shape index (κ3) is 28.4. The van der Waals surface area contributed by atoms with Gasteiger partial charge in [-0.05, 0) is 111 Å². The van der Waals surface area contributed by atoms with Crippen LogP contribution in [0.15, 0.2) is 85.2 Å². The van der Waals surface area contributed by atoms with Gasteiger partial charge >= 0.3 is 0 Å². The number of rotatable bonds is 24. The first-order chi connectivity index (χ1) is 61.7. The van der Waals surface area contributed by atoms with Crippen molar-refractivity contribution in [1.82, 2.24) is 87.6 Å². The molecule has 3 aromatic carbocycles. The van der Waals surface area contributed by atoms with Crippen molar-refractivity contribution in [3.05, 3.63) is 102 Å². The predicted molar refractivity (Wildman–Crippen MR) is 480 cm³/mol. The van der Waals surface area contributed by atoms with Gasteiger partial charge in [-0.1, -0.05) is 116 Å². The van der Waals surface area contributed by atoms with Crippen LogP contribution < -0.4 is 70.4 Å². The fraction of sp³-hybridized carbons (Fsp3) is 0.551. The third-order valence-electron chi connectivity index (χ3n) is 23.4.